The van der Waals surface area contributed by atoms with Crippen LogP contribution in [0, 0.1) is 0 Å². The van der Waals surface area contributed by atoms with Crippen molar-refractivity contribution < 1.29 is 9.59 Å². The second-order valence-electron chi connectivity index (χ2n) is 2.20. The van der Waals surface area contributed by atoms with E-state index in [0.29, 0.717) is 12.8 Å². The first-order valence-electron chi connectivity index (χ1n) is 4.27. The van der Waals surface area contributed by atoms with Crippen LogP contribution in [0.4, 0.5) is 0 Å². The van der Waals surface area contributed by atoms with E-state index in [9.17, 15) is 9.59 Å². The molecule has 0 rings (SSSR count). The summed E-state index contributed by atoms with van der Waals surface area (Å²) in [5.74, 6) is 0.0562. The van der Waals surface area contributed by atoms with Gasteiger partial charge in [-0.05, 0) is 0 Å². The van der Waals surface area contributed by atoms with Gasteiger partial charge in [0, 0.05) is 74.1 Å². The van der Waals surface area contributed by atoms with Gasteiger partial charge in [0.1, 0.15) is 0 Å². The Morgan fingerprint density at radius 1 is 0.812 bits per heavy atom. The van der Waals surface area contributed by atoms with Crippen molar-refractivity contribution in [3.05, 3.63) is 0 Å². The molecular weight excluding hydrogens is 324 g/mol. The van der Waals surface area contributed by atoms with Crippen molar-refractivity contribution in [2.45, 2.75) is 26.7 Å². The molecule has 0 spiro atoms. The van der Waals surface area contributed by atoms with Crippen LogP contribution in [0.2, 0.25) is 0 Å². The van der Waals surface area contributed by atoms with Gasteiger partial charge in [-0.2, -0.15) is 0 Å². The fourth-order valence-electron chi connectivity index (χ4n) is 0.322. The smallest absolute Gasteiger partial charge is 0.230 e. The predicted octanol–water partition coefficient (Wildman–Crippen LogP) is 3.84. The van der Waals surface area contributed by atoms with E-state index in [1.807, 2.05) is 13.8 Å². The molecule has 0 aliphatic rings. The maximum atomic E-state index is 10.8. The summed E-state index contributed by atoms with van der Waals surface area (Å²) in [6.07, 6.45) is 0.998. The summed E-state index contributed by atoms with van der Waals surface area (Å²) in [6, 6.07) is 0. The first-order valence-corrected chi connectivity index (χ1v) is 11.8. The molecule has 0 radical (unpaired) electrons. The number of hydrogen-bond donors (Lipinski definition) is 2. The third-order valence-corrected chi connectivity index (χ3v) is 10.7. The topological polar surface area (TPSA) is 58.2 Å². The predicted molar refractivity (Wildman–Crippen MR) is 82.4 cm³/mol. The van der Waals surface area contributed by atoms with E-state index < -0.39 is 0 Å². The van der Waals surface area contributed by atoms with E-state index in [2.05, 4.69) is 9.44 Å². The molecule has 0 fully saturated rings. The van der Waals surface area contributed by atoms with Crippen LogP contribution >= 0.6 is 61.3 Å². The van der Waals surface area contributed by atoms with Crippen molar-refractivity contribution in [1.82, 2.24) is 9.44 Å². The van der Waals surface area contributed by atoms with Crippen molar-refractivity contribution in [3.63, 3.8) is 0 Å². The van der Waals surface area contributed by atoms with Crippen LogP contribution in [0.1, 0.15) is 26.7 Å². The Hall–Kier alpha value is 1.04. The highest BCUT2D eigenvalue weighted by atomic mass is 33.9. The number of amides is 2. The summed E-state index contributed by atoms with van der Waals surface area (Å²) >= 11 is 0. The molecule has 4 nitrogen and oxygen atoms in total. The second-order valence-corrected chi connectivity index (χ2v) is 11.0. The van der Waals surface area contributed by atoms with Gasteiger partial charge < -0.3 is 0 Å². The summed E-state index contributed by atoms with van der Waals surface area (Å²) < 4.78 is 5.34. The van der Waals surface area contributed by atoms with Gasteiger partial charge >= 0.3 is 0 Å². The third-order valence-electron chi connectivity index (χ3n) is 1.10. The lowest BCUT2D eigenvalue weighted by molar-refractivity contribution is -0.119. The molecule has 0 aliphatic carbocycles. The van der Waals surface area contributed by atoms with E-state index in [1.165, 1.54) is 61.3 Å². The molecule has 0 saturated heterocycles. The Kier molecular flexibility index (Phi) is 13.3. The number of nitrogens with one attached hydrogen (secondary N) is 2. The summed E-state index contributed by atoms with van der Waals surface area (Å²) in [7, 11) is 8.64. The standard InChI is InChI=1S/C6H12N2O2S6/c1-3-5(9)7-11-13-15-16-14-12-8-6(10)4-2/h3-4H2,1-2H3,(H,7,9)(H,8,10). The molecule has 0 aromatic heterocycles. The number of carbonyl (C=O) groups excluding carboxylic acids is 2. The Labute approximate surface area is 118 Å². The fraction of sp³-hybridized carbons (Fsp3) is 0.667. The highest BCUT2D eigenvalue weighted by Crippen LogP contribution is 2.50. The molecule has 0 bridgehead atoms. The van der Waals surface area contributed by atoms with Gasteiger partial charge in [-0.3, -0.25) is 19.0 Å². The van der Waals surface area contributed by atoms with Crippen LogP contribution in [0.5, 0.6) is 0 Å². The van der Waals surface area contributed by atoms with Gasteiger partial charge in [0.05, 0.1) is 0 Å². The van der Waals surface area contributed by atoms with Crippen LogP contribution < -0.4 is 9.44 Å². The number of rotatable bonds is 9. The van der Waals surface area contributed by atoms with Gasteiger partial charge in [-0.15, -0.1) is 0 Å². The summed E-state index contributed by atoms with van der Waals surface area (Å²) in [4.78, 5) is 21.7. The summed E-state index contributed by atoms with van der Waals surface area (Å²) in [5.41, 5.74) is 0. The first-order chi connectivity index (χ1) is 7.70. The Morgan fingerprint density at radius 3 is 1.50 bits per heavy atom. The second kappa shape index (κ2) is 12.5. The molecule has 0 saturated carbocycles. The molecule has 0 aliphatic heterocycles. The normalized spacial score (nSPS) is 9.88. The van der Waals surface area contributed by atoms with E-state index in [0.717, 1.165) is 0 Å². The van der Waals surface area contributed by atoms with Crippen molar-refractivity contribution in [3.8, 4) is 0 Å². The molecule has 2 amide bonds. The number of carbonyl (C=O) groups is 2. The maximum Gasteiger partial charge on any atom is 0.230 e. The van der Waals surface area contributed by atoms with Crippen molar-refractivity contribution in [2.75, 3.05) is 0 Å². The van der Waals surface area contributed by atoms with Crippen molar-refractivity contribution in [2.24, 2.45) is 0 Å². The fourth-order valence-corrected chi connectivity index (χ4v) is 9.95. The first kappa shape index (κ1) is 17.0. The average molecular weight is 337 g/mol. The summed E-state index contributed by atoms with van der Waals surface area (Å²) in [5, 5.41) is 0. The van der Waals surface area contributed by atoms with Gasteiger partial charge in [0.25, 0.3) is 0 Å². The Balaban J connectivity index is 3.10. The minimum absolute atomic E-state index is 0.0281. The lowest BCUT2D eigenvalue weighted by Crippen LogP contribution is -2.11. The highest BCUT2D eigenvalue weighted by molar-refractivity contribution is 9.41. The number of hydrogen-bond acceptors (Lipinski definition) is 8. The molecule has 0 aromatic rings. The quantitative estimate of drug-likeness (QED) is 0.374. The largest absolute Gasteiger partial charge is 0.290 e. The zero-order valence-corrected chi connectivity index (χ0v) is 13.6. The van der Waals surface area contributed by atoms with Crippen LogP contribution in [-0.4, -0.2) is 11.8 Å². The summed E-state index contributed by atoms with van der Waals surface area (Å²) in [6.45, 7) is 3.62. The molecular formula is C6H12N2O2S6. The average Bonchev–Trinajstić information content (AvgIpc) is 2.31. The zero-order valence-electron chi connectivity index (χ0n) is 8.68. The molecule has 16 heavy (non-hydrogen) atoms. The van der Waals surface area contributed by atoms with Gasteiger partial charge in [-0.25, -0.2) is 0 Å². The van der Waals surface area contributed by atoms with Gasteiger partial charge in [0.15, 0.2) is 0 Å². The monoisotopic (exact) mass is 336 g/mol. The molecule has 94 valence electrons. The molecule has 0 atom stereocenters. The molecule has 0 unspecified atom stereocenters. The van der Waals surface area contributed by atoms with E-state index in [1.54, 1.807) is 0 Å². The van der Waals surface area contributed by atoms with E-state index in [-0.39, 0.29) is 11.8 Å². The van der Waals surface area contributed by atoms with Crippen molar-refractivity contribution in [1.29, 1.82) is 0 Å². The third kappa shape index (κ3) is 11.5. The maximum absolute atomic E-state index is 10.8. The highest BCUT2D eigenvalue weighted by Gasteiger charge is 2.00. The van der Waals surface area contributed by atoms with E-state index in [4.69, 9.17) is 0 Å². The lowest BCUT2D eigenvalue weighted by Gasteiger charge is -2.01. The van der Waals surface area contributed by atoms with Crippen molar-refractivity contribution >= 4 is 73.1 Å². The molecule has 0 heterocycles. The van der Waals surface area contributed by atoms with Crippen LogP contribution in [0.25, 0.3) is 0 Å². The van der Waals surface area contributed by atoms with Gasteiger partial charge in [-0.1, -0.05) is 13.8 Å². The molecule has 0 aromatic carbocycles. The lowest BCUT2D eigenvalue weighted by atomic mass is 10.5. The Bertz CT molecular complexity index is 195. The van der Waals surface area contributed by atoms with Crippen LogP contribution in [-0.2, 0) is 9.59 Å². The Morgan fingerprint density at radius 2 is 1.19 bits per heavy atom. The van der Waals surface area contributed by atoms with Gasteiger partial charge in [0.2, 0.25) is 11.8 Å². The minimum Gasteiger partial charge on any atom is -0.290 e. The van der Waals surface area contributed by atoms with E-state index >= 15 is 0 Å². The minimum atomic E-state index is 0.0281. The zero-order chi connectivity index (χ0) is 12.2. The molecule has 2 N–H and O–H groups in total. The van der Waals surface area contributed by atoms with Crippen LogP contribution in [0.3, 0.4) is 0 Å². The SMILES string of the molecule is CCC(=O)NSSSSSSNC(=O)CC. The molecule has 10 heteroatoms. The van der Waals surface area contributed by atoms with Crippen LogP contribution in [0.15, 0.2) is 0 Å².